The first-order chi connectivity index (χ1) is 10.2. The van der Waals surface area contributed by atoms with Crippen LogP contribution in [-0.2, 0) is 11.3 Å². The van der Waals surface area contributed by atoms with E-state index in [0.717, 1.165) is 48.7 Å². The lowest BCUT2D eigenvalue weighted by Crippen LogP contribution is -2.20. The zero-order chi connectivity index (χ0) is 14.7. The van der Waals surface area contributed by atoms with Gasteiger partial charge in [-0.2, -0.15) is 5.10 Å². The molecule has 112 valence electrons. The molecule has 0 aliphatic carbocycles. The number of thiophene rings is 1. The second-order valence-corrected chi connectivity index (χ2v) is 6.36. The molecule has 1 amide bonds. The highest BCUT2D eigenvalue weighted by molar-refractivity contribution is 7.12. The van der Waals surface area contributed by atoms with Crippen molar-refractivity contribution in [2.24, 2.45) is 5.92 Å². The van der Waals surface area contributed by atoms with Gasteiger partial charge in [0.15, 0.2) is 0 Å². The molecule has 5 nitrogen and oxygen atoms in total. The molecule has 0 bridgehead atoms. The maximum atomic E-state index is 12.1. The summed E-state index contributed by atoms with van der Waals surface area (Å²) >= 11 is 1.46. The van der Waals surface area contributed by atoms with Gasteiger partial charge in [-0.1, -0.05) is 0 Å². The molecule has 1 saturated heterocycles. The molecular weight excluding hydrogens is 286 g/mol. The lowest BCUT2D eigenvalue weighted by molar-refractivity contribution is 0.0601. The molecular formula is C15H19N3O2S. The number of carbonyl (C=O) groups is 1. The number of aryl methyl sites for hydroxylation is 1. The molecule has 2 aromatic rings. The minimum atomic E-state index is -0.0706. The first-order valence-corrected chi connectivity index (χ1v) is 8.05. The minimum Gasteiger partial charge on any atom is -0.381 e. The minimum absolute atomic E-state index is 0.0706. The molecule has 3 heterocycles. The Bertz CT molecular complexity index is 614. The fourth-order valence-electron chi connectivity index (χ4n) is 2.46. The molecule has 0 aromatic carbocycles. The first kappa shape index (κ1) is 14.3. The van der Waals surface area contributed by atoms with Crippen LogP contribution < -0.4 is 5.32 Å². The van der Waals surface area contributed by atoms with E-state index in [9.17, 15) is 4.79 Å². The van der Waals surface area contributed by atoms with Gasteiger partial charge in [-0.25, -0.2) is 0 Å². The van der Waals surface area contributed by atoms with Crippen LogP contribution in [0, 0.1) is 12.8 Å². The number of aromatic nitrogens is 2. The molecule has 1 N–H and O–H groups in total. The molecule has 2 aromatic heterocycles. The van der Waals surface area contributed by atoms with Crippen molar-refractivity contribution in [2.45, 2.75) is 26.3 Å². The molecule has 0 spiro atoms. The number of rotatable bonds is 4. The quantitative estimate of drug-likeness (QED) is 0.945. The number of nitrogens with zero attached hydrogens (tertiary/aromatic N) is 2. The summed E-state index contributed by atoms with van der Waals surface area (Å²) < 4.78 is 7.27. The number of anilines is 1. The van der Waals surface area contributed by atoms with Crippen LogP contribution in [0.15, 0.2) is 23.8 Å². The molecule has 3 rings (SSSR count). The number of carbonyl (C=O) groups excluding carboxylic acids is 1. The van der Waals surface area contributed by atoms with Crippen molar-refractivity contribution in [3.8, 4) is 0 Å². The maximum Gasteiger partial charge on any atom is 0.265 e. The van der Waals surface area contributed by atoms with Crippen LogP contribution in [0.5, 0.6) is 0 Å². The predicted molar refractivity (Wildman–Crippen MR) is 82.8 cm³/mol. The van der Waals surface area contributed by atoms with Gasteiger partial charge < -0.3 is 10.1 Å². The van der Waals surface area contributed by atoms with E-state index in [1.807, 2.05) is 29.2 Å². The molecule has 21 heavy (non-hydrogen) atoms. The zero-order valence-electron chi connectivity index (χ0n) is 12.0. The Morgan fingerprint density at radius 2 is 2.33 bits per heavy atom. The van der Waals surface area contributed by atoms with Crippen molar-refractivity contribution in [1.82, 2.24) is 9.78 Å². The van der Waals surface area contributed by atoms with Crippen LogP contribution in [0.1, 0.15) is 28.1 Å². The molecule has 0 atom stereocenters. The summed E-state index contributed by atoms with van der Waals surface area (Å²) in [4.78, 5) is 12.8. The van der Waals surface area contributed by atoms with Gasteiger partial charge in [-0.15, -0.1) is 11.3 Å². The van der Waals surface area contributed by atoms with Crippen LogP contribution in [0.4, 0.5) is 5.69 Å². The Morgan fingerprint density at radius 3 is 3.05 bits per heavy atom. The Kier molecular flexibility index (Phi) is 4.36. The number of hydrogen-bond donors (Lipinski definition) is 1. The van der Waals surface area contributed by atoms with Gasteiger partial charge in [-0.3, -0.25) is 9.48 Å². The van der Waals surface area contributed by atoms with E-state index < -0.39 is 0 Å². The average molecular weight is 305 g/mol. The Morgan fingerprint density at radius 1 is 1.52 bits per heavy atom. The first-order valence-electron chi connectivity index (χ1n) is 7.17. The fourth-order valence-corrected chi connectivity index (χ4v) is 3.26. The van der Waals surface area contributed by atoms with Crippen LogP contribution in [0.25, 0.3) is 0 Å². The second kappa shape index (κ2) is 6.41. The maximum absolute atomic E-state index is 12.1. The number of hydrogen-bond acceptors (Lipinski definition) is 4. The lowest BCUT2D eigenvalue weighted by Gasteiger charge is -2.21. The van der Waals surface area contributed by atoms with Crippen molar-refractivity contribution in [3.05, 3.63) is 34.3 Å². The summed E-state index contributed by atoms with van der Waals surface area (Å²) in [7, 11) is 0. The number of nitrogens with one attached hydrogen (secondary N) is 1. The third kappa shape index (κ3) is 3.71. The van der Waals surface area contributed by atoms with E-state index in [1.54, 1.807) is 6.20 Å². The Labute approximate surface area is 127 Å². The Balaban J connectivity index is 1.58. The topological polar surface area (TPSA) is 56.2 Å². The summed E-state index contributed by atoms with van der Waals surface area (Å²) in [5.74, 6) is 0.542. The second-order valence-electron chi connectivity index (χ2n) is 5.45. The molecule has 6 heteroatoms. The zero-order valence-corrected chi connectivity index (χ0v) is 12.9. The smallest absolute Gasteiger partial charge is 0.265 e. The highest BCUT2D eigenvalue weighted by Crippen LogP contribution is 2.19. The van der Waals surface area contributed by atoms with Crippen molar-refractivity contribution in [1.29, 1.82) is 0 Å². The van der Waals surface area contributed by atoms with E-state index in [1.165, 1.54) is 11.3 Å². The van der Waals surface area contributed by atoms with Crippen LogP contribution in [0.3, 0.4) is 0 Å². The van der Waals surface area contributed by atoms with Crippen molar-refractivity contribution >= 4 is 22.9 Å². The SMILES string of the molecule is Cc1csc(C(=O)Nc2cnn(CC3CCOCC3)c2)c1. The van der Waals surface area contributed by atoms with Gasteiger partial charge in [-0.05, 0) is 42.7 Å². The van der Waals surface area contributed by atoms with E-state index in [2.05, 4.69) is 10.4 Å². The lowest BCUT2D eigenvalue weighted by atomic mass is 10.0. The van der Waals surface area contributed by atoms with Crippen LogP contribution in [0.2, 0.25) is 0 Å². The van der Waals surface area contributed by atoms with Gasteiger partial charge >= 0.3 is 0 Å². The molecule has 1 fully saturated rings. The van der Waals surface area contributed by atoms with Crippen molar-refractivity contribution < 1.29 is 9.53 Å². The third-order valence-electron chi connectivity index (χ3n) is 3.63. The summed E-state index contributed by atoms with van der Waals surface area (Å²) in [6.07, 6.45) is 5.76. The summed E-state index contributed by atoms with van der Waals surface area (Å²) in [5, 5.41) is 9.20. The third-order valence-corrected chi connectivity index (χ3v) is 4.68. The highest BCUT2D eigenvalue weighted by atomic mass is 32.1. The predicted octanol–water partition coefficient (Wildman–Crippen LogP) is 2.93. The van der Waals surface area contributed by atoms with Gasteiger partial charge in [0.25, 0.3) is 5.91 Å². The monoisotopic (exact) mass is 305 g/mol. The summed E-state index contributed by atoms with van der Waals surface area (Å²) in [5.41, 5.74) is 1.86. The van der Waals surface area contributed by atoms with Crippen LogP contribution >= 0.6 is 11.3 Å². The summed E-state index contributed by atoms with van der Waals surface area (Å²) in [6, 6.07) is 1.90. The largest absolute Gasteiger partial charge is 0.381 e. The van der Waals surface area contributed by atoms with E-state index in [0.29, 0.717) is 5.92 Å². The van der Waals surface area contributed by atoms with Crippen molar-refractivity contribution in [2.75, 3.05) is 18.5 Å². The number of ether oxygens (including phenoxy) is 1. The molecule has 0 unspecified atom stereocenters. The van der Waals surface area contributed by atoms with Gasteiger partial charge in [0.05, 0.1) is 16.8 Å². The molecule has 1 aliphatic heterocycles. The number of amides is 1. The van der Waals surface area contributed by atoms with E-state index in [4.69, 9.17) is 4.74 Å². The van der Waals surface area contributed by atoms with Crippen molar-refractivity contribution in [3.63, 3.8) is 0 Å². The van der Waals surface area contributed by atoms with Gasteiger partial charge in [0.1, 0.15) is 0 Å². The van der Waals surface area contributed by atoms with Gasteiger partial charge in [0.2, 0.25) is 0 Å². The molecule has 0 saturated carbocycles. The van der Waals surface area contributed by atoms with E-state index in [-0.39, 0.29) is 5.91 Å². The standard InChI is InChI=1S/C15H19N3O2S/c1-11-6-14(21-10-11)15(19)17-13-7-16-18(9-13)8-12-2-4-20-5-3-12/h6-7,9-10,12H,2-5,8H2,1H3,(H,17,19). The Hall–Kier alpha value is -1.66. The molecule has 0 radical (unpaired) electrons. The van der Waals surface area contributed by atoms with Crippen LogP contribution in [-0.4, -0.2) is 28.9 Å². The highest BCUT2D eigenvalue weighted by Gasteiger charge is 2.15. The molecule has 1 aliphatic rings. The normalized spacial score (nSPS) is 16.0. The average Bonchev–Trinajstić information content (AvgIpc) is 3.09. The van der Waals surface area contributed by atoms with E-state index >= 15 is 0 Å². The van der Waals surface area contributed by atoms with Gasteiger partial charge in [0, 0.05) is 26.0 Å². The summed E-state index contributed by atoms with van der Waals surface area (Å²) in [6.45, 7) is 4.55. The fraction of sp³-hybridized carbons (Fsp3) is 0.467.